The molecule has 1 amide bonds. The van der Waals surface area contributed by atoms with Crippen LogP contribution in [-0.4, -0.2) is 37.0 Å². The molecule has 1 saturated carbocycles. The van der Waals surface area contributed by atoms with Crippen molar-refractivity contribution in [1.29, 1.82) is 0 Å². The molecule has 0 aromatic heterocycles. The predicted molar refractivity (Wildman–Crippen MR) is 94.8 cm³/mol. The van der Waals surface area contributed by atoms with Crippen molar-refractivity contribution >= 4 is 5.91 Å². The second-order valence-electron chi connectivity index (χ2n) is 6.52. The Kier molecular flexibility index (Phi) is 5.83. The van der Waals surface area contributed by atoms with Crippen LogP contribution in [0.3, 0.4) is 0 Å². The molecule has 1 aliphatic carbocycles. The number of carbonyl (C=O) groups excluding carboxylic acids is 1. The fraction of sp³-hybridized carbons (Fsp3) is 0.350. The Hall–Kier alpha value is -2.47. The third-order valence-corrected chi connectivity index (χ3v) is 4.32. The standard InChI is InChI=1S/C20H22F2N2O2/c1-24(12-13-26-18-10-6-16(22)7-11-18)19(20(25)23-17-8-9-17)14-2-4-15(21)5-3-14/h2-7,10-11,17,19H,8-9,12-13H2,1H3,(H,23,25). The van der Waals surface area contributed by atoms with Gasteiger partial charge in [0.05, 0.1) is 0 Å². The molecule has 138 valence electrons. The average molecular weight is 360 g/mol. The molecule has 3 rings (SSSR count). The fourth-order valence-corrected chi connectivity index (χ4v) is 2.73. The van der Waals surface area contributed by atoms with Gasteiger partial charge in [-0.2, -0.15) is 0 Å². The second kappa shape index (κ2) is 8.27. The molecular formula is C20H22F2N2O2. The van der Waals surface area contributed by atoms with Crippen LogP contribution < -0.4 is 10.1 Å². The van der Waals surface area contributed by atoms with E-state index < -0.39 is 6.04 Å². The van der Waals surface area contributed by atoms with Gasteiger partial charge in [-0.05, 0) is 61.9 Å². The molecular weight excluding hydrogens is 338 g/mol. The minimum Gasteiger partial charge on any atom is -0.492 e. The van der Waals surface area contributed by atoms with Crippen LogP contribution >= 0.6 is 0 Å². The van der Waals surface area contributed by atoms with Crippen LogP contribution in [-0.2, 0) is 4.79 Å². The molecule has 6 heteroatoms. The molecule has 1 aliphatic rings. The lowest BCUT2D eigenvalue weighted by Crippen LogP contribution is -2.41. The first-order valence-electron chi connectivity index (χ1n) is 8.67. The number of nitrogens with one attached hydrogen (secondary N) is 1. The van der Waals surface area contributed by atoms with Gasteiger partial charge in [-0.25, -0.2) is 8.78 Å². The van der Waals surface area contributed by atoms with Crippen LogP contribution in [0, 0.1) is 11.6 Å². The van der Waals surface area contributed by atoms with E-state index in [0.717, 1.165) is 18.4 Å². The molecule has 0 spiro atoms. The molecule has 4 nitrogen and oxygen atoms in total. The van der Waals surface area contributed by atoms with E-state index in [0.29, 0.717) is 18.9 Å². The van der Waals surface area contributed by atoms with Gasteiger partial charge in [-0.15, -0.1) is 0 Å². The highest BCUT2D eigenvalue weighted by Gasteiger charge is 2.30. The molecule has 2 aromatic rings. The molecule has 0 bridgehead atoms. The summed E-state index contributed by atoms with van der Waals surface area (Å²) < 4.78 is 31.8. The number of amides is 1. The number of nitrogens with zero attached hydrogens (tertiary/aromatic N) is 1. The zero-order chi connectivity index (χ0) is 18.5. The Balaban J connectivity index is 1.63. The van der Waals surface area contributed by atoms with Crippen molar-refractivity contribution in [3.63, 3.8) is 0 Å². The van der Waals surface area contributed by atoms with Crippen molar-refractivity contribution in [3.8, 4) is 5.75 Å². The molecule has 1 atom stereocenters. The summed E-state index contributed by atoms with van der Waals surface area (Å²) in [5.41, 5.74) is 0.730. The van der Waals surface area contributed by atoms with Gasteiger partial charge >= 0.3 is 0 Å². The van der Waals surface area contributed by atoms with Gasteiger partial charge in [-0.3, -0.25) is 9.69 Å². The minimum atomic E-state index is -0.520. The summed E-state index contributed by atoms with van der Waals surface area (Å²) in [7, 11) is 1.83. The van der Waals surface area contributed by atoms with Crippen molar-refractivity contribution in [2.45, 2.75) is 24.9 Å². The van der Waals surface area contributed by atoms with Gasteiger partial charge in [0.15, 0.2) is 0 Å². The first-order valence-corrected chi connectivity index (χ1v) is 8.67. The summed E-state index contributed by atoms with van der Waals surface area (Å²) in [4.78, 5) is 14.5. The normalized spacial score (nSPS) is 14.9. The van der Waals surface area contributed by atoms with E-state index >= 15 is 0 Å². The van der Waals surface area contributed by atoms with Crippen molar-refractivity contribution in [3.05, 3.63) is 65.7 Å². The van der Waals surface area contributed by atoms with Crippen molar-refractivity contribution in [2.24, 2.45) is 0 Å². The van der Waals surface area contributed by atoms with E-state index in [1.165, 1.54) is 24.3 Å². The van der Waals surface area contributed by atoms with E-state index in [9.17, 15) is 13.6 Å². The highest BCUT2D eigenvalue weighted by Crippen LogP contribution is 2.24. The van der Waals surface area contributed by atoms with Crippen molar-refractivity contribution < 1.29 is 18.3 Å². The molecule has 2 aromatic carbocycles. The largest absolute Gasteiger partial charge is 0.492 e. The highest BCUT2D eigenvalue weighted by atomic mass is 19.1. The van der Waals surface area contributed by atoms with Gasteiger partial charge in [0.2, 0.25) is 5.91 Å². The number of likely N-dealkylation sites (N-methyl/N-ethyl adjacent to an activating group) is 1. The quantitative estimate of drug-likeness (QED) is 0.785. The van der Waals surface area contributed by atoms with Gasteiger partial charge in [0, 0.05) is 12.6 Å². The number of benzene rings is 2. The zero-order valence-electron chi connectivity index (χ0n) is 14.6. The van der Waals surface area contributed by atoms with Crippen molar-refractivity contribution in [2.75, 3.05) is 20.2 Å². The van der Waals surface area contributed by atoms with Crippen LogP contribution in [0.5, 0.6) is 5.75 Å². The number of rotatable bonds is 8. The lowest BCUT2D eigenvalue weighted by molar-refractivity contribution is -0.126. The van der Waals surface area contributed by atoms with Crippen molar-refractivity contribution in [1.82, 2.24) is 10.2 Å². The molecule has 0 aliphatic heterocycles. The Bertz CT molecular complexity index is 730. The third kappa shape index (κ3) is 5.02. The van der Waals surface area contributed by atoms with Gasteiger partial charge in [0.1, 0.15) is 30.0 Å². The number of hydrogen-bond acceptors (Lipinski definition) is 3. The molecule has 1 fully saturated rings. The highest BCUT2D eigenvalue weighted by molar-refractivity contribution is 5.83. The first-order chi connectivity index (χ1) is 12.5. The van der Waals surface area contributed by atoms with E-state index in [4.69, 9.17) is 4.74 Å². The molecule has 1 N–H and O–H groups in total. The number of carbonyl (C=O) groups is 1. The van der Waals surface area contributed by atoms with Gasteiger partial charge < -0.3 is 10.1 Å². The van der Waals surface area contributed by atoms with E-state index in [2.05, 4.69) is 5.32 Å². The summed E-state index contributed by atoms with van der Waals surface area (Å²) in [6, 6.07) is 11.5. The lowest BCUT2D eigenvalue weighted by Gasteiger charge is -2.27. The SMILES string of the molecule is CN(CCOc1ccc(F)cc1)C(C(=O)NC1CC1)c1ccc(F)cc1. The Morgan fingerprint density at radius 1 is 1.12 bits per heavy atom. The number of halogens is 2. The predicted octanol–water partition coefficient (Wildman–Crippen LogP) is 3.30. The topological polar surface area (TPSA) is 41.6 Å². The van der Waals surface area contributed by atoms with Crippen LogP contribution in [0.4, 0.5) is 8.78 Å². The molecule has 0 radical (unpaired) electrons. The fourth-order valence-electron chi connectivity index (χ4n) is 2.73. The maximum absolute atomic E-state index is 13.2. The molecule has 0 heterocycles. The molecule has 0 saturated heterocycles. The molecule has 1 unspecified atom stereocenters. The van der Waals surface area contributed by atoms with E-state index in [-0.39, 0.29) is 23.6 Å². The van der Waals surface area contributed by atoms with E-state index in [1.54, 1.807) is 24.3 Å². The van der Waals surface area contributed by atoms with Gasteiger partial charge in [0.25, 0.3) is 0 Å². The maximum Gasteiger partial charge on any atom is 0.242 e. The zero-order valence-corrected chi connectivity index (χ0v) is 14.6. The summed E-state index contributed by atoms with van der Waals surface area (Å²) in [6.07, 6.45) is 2.00. The summed E-state index contributed by atoms with van der Waals surface area (Å²) in [5.74, 6) is -0.177. The summed E-state index contributed by atoms with van der Waals surface area (Å²) in [6.45, 7) is 0.827. The first kappa shape index (κ1) is 18.3. The van der Waals surface area contributed by atoms with Crippen LogP contribution in [0.25, 0.3) is 0 Å². The van der Waals surface area contributed by atoms with Crippen LogP contribution in [0.2, 0.25) is 0 Å². The summed E-state index contributed by atoms with van der Waals surface area (Å²) >= 11 is 0. The Morgan fingerprint density at radius 2 is 1.69 bits per heavy atom. The van der Waals surface area contributed by atoms with E-state index in [1.807, 2.05) is 11.9 Å². The smallest absolute Gasteiger partial charge is 0.242 e. The monoisotopic (exact) mass is 360 g/mol. The van der Waals surface area contributed by atoms with Crippen LogP contribution in [0.1, 0.15) is 24.4 Å². The lowest BCUT2D eigenvalue weighted by atomic mass is 10.0. The summed E-state index contributed by atoms with van der Waals surface area (Å²) in [5, 5.41) is 3.01. The minimum absolute atomic E-state index is 0.0941. The molecule has 26 heavy (non-hydrogen) atoms. The second-order valence-corrected chi connectivity index (χ2v) is 6.52. The third-order valence-electron chi connectivity index (χ3n) is 4.32. The average Bonchev–Trinajstić information content (AvgIpc) is 3.42. The Morgan fingerprint density at radius 3 is 2.27 bits per heavy atom. The Labute approximate surface area is 151 Å². The maximum atomic E-state index is 13.2. The number of ether oxygens (including phenoxy) is 1. The van der Waals surface area contributed by atoms with Crippen LogP contribution in [0.15, 0.2) is 48.5 Å². The van der Waals surface area contributed by atoms with Gasteiger partial charge in [-0.1, -0.05) is 12.1 Å². The number of hydrogen-bond donors (Lipinski definition) is 1.